The van der Waals surface area contributed by atoms with Crippen molar-refractivity contribution >= 4 is 33.6 Å². The average molecular weight is 460 g/mol. The number of para-hydroxylation sites is 1. The number of carbonyl (C=O) groups excluding carboxylic acids is 3. The first kappa shape index (κ1) is 23.3. The molecule has 0 aromatic heterocycles. The van der Waals surface area contributed by atoms with Gasteiger partial charge in [-0.3, -0.25) is 14.4 Å². The third-order valence-electron chi connectivity index (χ3n) is 4.58. The monoisotopic (exact) mass is 459 g/mol. The van der Waals surface area contributed by atoms with E-state index in [-0.39, 0.29) is 10.5 Å². The van der Waals surface area contributed by atoms with Crippen LogP contribution in [0.2, 0.25) is 0 Å². The molecule has 1 aliphatic rings. The second kappa shape index (κ2) is 8.99. The van der Waals surface area contributed by atoms with Crippen molar-refractivity contribution in [1.82, 2.24) is 10.6 Å². The Morgan fingerprint density at radius 2 is 1.78 bits per heavy atom. The minimum Gasteiger partial charge on any atom is -0.452 e. The van der Waals surface area contributed by atoms with E-state index in [4.69, 9.17) is 4.74 Å². The molecule has 170 valence electrons. The number of anilines is 1. The Bertz CT molecular complexity index is 1150. The molecule has 3 rings (SSSR count). The van der Waals surface area contributed by atoms with Crippen LogP contribution in [0, 0.1) is 0 Å². The highest BCUT2D eigenvalue weighted by atomic mass is 32.2. The van der Waals surface area contributed by atoms with E-state index in [1.165, 1.54) is 28.6 Å². The van der Waals surface area contributed by atoms with E-state index in [0.717, 1.165) is 5.56 Å². The van der Waals surface area contributed by atoms with Crippen molar-refractivity contribution in [3.05, 3.63) is 59.7 Å². The van der Waals surface area contributed by atoms with Crippen molar-refractivity contribution in [3.8, 4) is 0 Å². The molecule has 2 aromatic rings. The van der Waals surface area contributed by atoms with E-state index in [2.05, 4.69) is 10.6 Å². The Balaban J connectivity index is 1.66. The molecule has 0 radical (unpaired) electrons. The predicted octanol–water partition coefficient (Wildman–Crippen LogP) is 2.22. The van der Waals surface area contributed by atoms with E-state index in [0.29, 0.717) is 18.7 Å². The minimum atomic E-state index is -3.88. The number of esters is 1. The number of ether oxygens (including phenoxy) is 1. The van der Waals surface area contributed by atoms with Crippen LogP contribution in [-0.2, 0) is 26.0 Å². The number of rotatable bonds is 5. The van der Waals surface area contributed by atoms with Gasteiger partial charge in [-0.25, -0.2) is 18.0 Å². The summed E-state index contributed by atoms with van der Waals surface area (Å²) in [5.74, 6) is -1.69. The third-order valence-corrected chi connectivity index (χ3v) is 6.39. The van der Waals surface area contributed by atoms with Crippen molar-refractivity contribution in [3.63, 3.8) is 0 Å². The topological polar surface area (TPSA) is 122 Å². The number of carbonyl (C=O) groups is 3. The van der Waals surface area contributed by atoms with Crippen LogP contribution in [0.4, 0.5) is 10.5 Å². The Morgan fingerprint density at radius 1 is 1.06 bits per heavy atom. The summed E-state index contributed by atoms with van der Waals surface area (Å²) in [6.45, 7) is 4.87. The third kappa shape index (κ3) is 5.44. The molecular formula is C22H25N3O6S. The lowest BCUT2D eigenvalue weighted by molar-refractivity contribution is -0.123. The van der Waals surface area contributed by atoms with Crippen molar-refractivity contribution in [2.24, 2.45) is 0 Å². The van der Waals surface area contributed by atoms with Gasteiger partial charge >= 0.3 is 12.0 Å². The summed E-state index contributed by atoms with van der Waals surface area (Å²) in [5, 5.41) is 4.60. The van der Waals surface area contributed by atoms with E-state index in [1.807, 2.05) is 12.1 Å². The van der Waals surface area contributed by atoms with Crippen molar-refractivity contribution in [1.29, 1.82) is 0 Å². The van der Waals surface area contributed by atoms with Gasteiger partial charge in [-0.15, -0.1) is 0 Å². The van der Waals surface area contributed by atoms with Crippen LogP contribution in [0.25, 0.3) is 0 Å². The van der Waals surface area contributed by atoms with E-state index >= 15 is 0 Å². The summed E-state index contributed by atoms with van der Waals surface area (Å²) >= 11 is 0. The second-order valence-electron chi connectivity index (χ2n) is 8.31. The van der Waals surface area contributed by atoms with Gasteiger partial charge in [0.05, 0.1) is 16.1 Å². The highest BCUT2D eigenvalue weighted by molar-refractivity contribution is 7.92. The smallest absolute Gasteiger partial charge is 0.338 e. The largest absolute Gasteiger partial charge is 0.452 e. The van der Waals surface area contributed by atoms with Gasteiger partial charge in [0, 0.05) is 12.1 Å². The quantitative estimate of drug-likeness (QED) is 0.661. The van der Waals surface area contributed by atoms with Gasteiger partial charge in [-0.05, 0) is 57.0 Å². The van der Waals surface area contributed by atoms with Crippen LogP contribution in [-0.4, -0.2) is 45.0 Å². The van der Waals surface area contributed by atoms with Crippen molar-refractivity contribution < 1.29 is 27.5 Å². The summed E-state index contributed by atoms with van der Waals surface area (Å²) in [5.41, 5.74) is 0.993. The lowest BCUT2D eigenvalue weighted by Crippen LogP contribution is -2.49. The zero-order chi connectivity index (χ0) is 23.5. The standard InChI is InChI=1S/C22H25N3O6S/c1-22(2,3)24-21(28)23-19(26)14-31-20(27)16-8-6-9-17(13-16)32(29,30)25-12-11-15-7-4-5-10-18(15)25/h4-10,13H,11-12,14H2,1-3H3,(H2,23,24,26,28). The molecule has 0 saturated carbocycles. The number of fused-ring (bicyclic) bond motifs is 1. The molecule has 32 heavy (non-hydrogen) atoms. The minimum absolute atomic E-state index is 0.0227. The Morgan fingerprint density at radius 3 is 2.50 bits per heavy atom. The molecule has 0 saturated heterocycles. The molecule has 0 atom stereocenters. The van der Waals surface area contributed by atoms with Crippen molar-refractivity contribution in [2.45, 2.75) is 37.6 Å². The van der Waals surface area contributed by atoms with E-state index in [1.54, 1.807) is 32.9 Å². The molecule has 9 nitrogen and oxygen atoms in total. The van der Waals surface area contributed by atoms with E-state index in [9.17, 15) is 22.8 Å². The average Bonchev–Trinajstić information content (AvgIpc) is 3.15. The molecule has 0 unspecified atom stereocenters. The molecule has 0 fully saturated rings. The fourth-order valence-corrected chi connectivity index (χ4v) is 4.77. The maximum atomic E-state index is 13.1. The number of hydrogen-bond acceptors (Lipinski definition) is 6. The number of imide groups is 1. The predicted molar refractivity (Wildman–Crippen MR) is 118 cm³/mol. The second-order valence-corrected chi connectivity index (χ2v) is 10.2. The summed E-state index contributed by atoms with van der Waals surface area (Å²) in [6, 6.07) is 12.0. The summed E-state index contributed by atoms with van der Waals surface area (Å²) in [6.07, 6.45) is 0.606. The number of nitrogens with one attached hydrogen (secondary N) is 2. The Labute approximate surface area is 186 Å². The lowest BCUT2D eigenvalue weighted by Gasteiger charge is -2.20. The Hall–Kier alpha value is -3.40. The highest BCUT2D eigenvalue weighted by Crippen LogP contribution is 2.32. The maximum Gasteiger partial charge on any atom is 0.338 e. The molecule has 0 spiro atoms. The van der Waals surface area contributed by atoms with Crippen LogP contribution in [0.15, 0.2) is 53.4 Å². The first-order chi connectivity index (χ1) is 15.0. The molecule has 0 aliphatic carbocycles. The zero-order valence-electron chi connectivity index (χ0n) is 18.0. The van der Waals surface area contributed by atoms with Gasteiger partial charge in [0.2, 0.25) is 0 Å². The fraction of sp³-hybridized carbons (Fsp3) is 0.318. The molecule has 2 N–H and O–H groups in total. The number of nitrogens with zero attached hydrogens (tertiary/aromatic N) is 1. The number of hydrogen-bond donors (Lipinski definition) is 2. The maximum absolute atomic E-state index is 13.1. The Kier molecular flexibility index (Phi) is 6.54. The summed E-state index contributed by atoms with van der Waals surface area (Å²) < 4.78 is 32.5. The van der Waals surface area contributed by atoms with Gasteiger partial charge in [0.15, 0.2) is 6.61 Å². The molecule has 1 heterocycles. The number of amides is 3. The zero-order valence-corrected chi connectivity index (χ0v) is 18.9. The molecule has 10 heteroatoms. The highest BCUT2D eigenvalue weighted by Gasteiger charge is 2.31. The summed E-state index contributed by atoms with van der Waals surface area (Å²) in [7, 11) is -3.88. The normalized spacial score (nSPS) is 13.3. The van der Waals surface area contributed by atoms with Gasteiger partial charge in [-0.2, -0.15) is 0 Å². The number of sulfonamides is 1. The van der Waals surface area contributed by atoms with E-state index < -0.39 is 40.1 Å². The van der Waals surface area contributed by atoms with Crippen LogP contribution in [0.3, 0.4) is 0 Å². The number of benzene rings is 2. The first-order valence-electron chi connectivity index (χ1n) is 9.97. The molecule has 2 aromatic carbocycles. The van der Waals surface area contributed by atoms with Crippen LogP contribution in [0.1, 0.15) is 36.7 Å². The lowest BCUT2D eigenvalue weighted by atomic mass is 10.1. The SMILES string of the molecule is CC(C)(C)NC(=O)NC(=O)COC(=O)c1cccc(S(=O)(=O)N2CCc3ccccc32)c1. The summed E-state index contributed by atoms with van der Waals surface area (Å²) in [4.78, 5) is 35.8. The number of urea groups is 1. The van der Waals surface area contributed by atoms with Crippen molar-refractivity contribution in [2.75, 3.05) is 17.5 Å². The van der Waals surface area contributed by atoms with Crippen LogP contribution >= 0.6 is 0 Å². The van der Waals surface area contributed by atoms with Crippen LogP contribution in [0.5, 0.6) is 0 Å². The van der Waals surface area contributed by atoms with Gasteiger partial charge in [-0.1, -0.05) is 24.3 Å². The molecule has 0 bridgehead atoms. The molecule has 1 aliphatic heterocycles. The van der Waals surface area contributed by atoms with Gasteiger partial charge in [0.1, 0.15) is 0 Å². The fourth-order valence-electron chi connectivity index (χ4n) is 3.22. The van der Waals surface area contributed by atoms with Gasteiger partial charge in [0.25, 0.3) is 15.9 Å². The van der Waals surface area contributed by atoms with Gasteiger partial charge < -0.3 is 10.1 Å². The molecule has 3 amide bonds. The van der Waals surface area contributed by atoms with Crippen LogP contribution < -0.4 is 14.9 Å². The molecular weight excluding hydrogens is 434 g/mol. The first-order valence-corrected chi connectivity index (χ1v) is 11.4.